The van der Waals surface area contributed by atoms with Gasteiger partial charge in [-0.15, -0.1) is 0 Å². The molecule has 7 heteroatoms. The van der Waals surface area contributed by atoms with Gasteiger partial charge in [-0.1, -0.05) is 25.1 Å². The number of rotatable bonds is 7. The van der Waals surface area contributed by atoms with Gasteiger partial charge in [0.15, 0.2) is 5.76 Å². The summed E-state index contributed by atoms with van der Waals surface area (Å²) in [6, 6.07) is 17.3. The van der Waals surface area contributed by atoms with Gasteiger partial charge >= 0.3 is 0 Å². The molecule has 2 aromatic carbocycles. The van der Waals surface area contributed by atoms with Crippen molar-refractivity contribution in [3.05, 3.63) is 77.2 Å². The molecule has 0 radical (unpaired) electrons. The van der Waals surface area contributed by atoms with Crippen molar-refractivity contribution >= 4 is 28.9 Å². The molecule has 2 N–H and O–H groups in total. The van der Waals surface area contributed by atoms with Crippen LogP contribution in [0.5, 0.6) is 0 Å². The Morgan fingerprint density at radius 1 is 0.882 bits per heavy atom. The first-order valence-corrected chi connectivity index (χ1v) is 11.8. The number of piperazine rings is 1. The number of nitrogens with one attached hydrogen (secondary N) is 2. The van der Waals surface area contributed by atoms with Crippen molar-refractivity contribution in [1.82, 2.24) is 5.32 Å². The standard InChI is InChI=1S/C27H32N4O3/c1-4-13-28-26(32)21-10-11-24(22(18-21)29-27(33)25-12-9-20(3)34-25)31-16-14-30(15-17-31)23-8-6-5-7-19(23)2/h5-12,18H,4,13-17H2,1-3H3,(H,28,32)(H,29,33). The van der Waals surface area contributed by atoms with Gasteiger partial charge in [0.25, 0.3) is 11.8 Å². The Labute approximate surface area is 200 Å². The summed E-state index contributed by atoms with van der Waals surface area (Å²) >= 11 is 0. The highest BCUT2D eigenvalue weighted by molar-refractivity contribution is 6.05. The Balaban J connectivity index is 1.56. The summed E-state index contributed by atoms with van der Waals surface area (Å²) in [6.45, 7) is 9.90. The monoisotopic (exact) mass is 460 g/mol. The van der Waals surface area contributed by atoms with Crippen molar-refractivity contribution in [3.8, 4) is 0 Å². The van der Waals surface area contributed by atoms with Gasteiger partial charge < -0.3 is 24.9 Å². The topological polar surface area (TPSA) is 77.8 Å². The van der Waals surface area contributed by atoms with Crippen molar-refractivity contribution in [2.45, 2.75) is 27.2 Å². The lowest BCUT2D eigenvalue weighted by molar-refractivity contribution is 0.0951. The van der Waals surface area contributed by atoms with Gasteiger partial charge in [-0.3, -0.25) is 9.59 Å². The Bertz CT molecular complexity index is 1160. The van der Waals surface area contributed by atoms with E-state index in [1.54, 1.807) is 25.1 Å². The largest absolute Gasteiger partial charge is 0.456 e. The molecule has 0 unspecified atom stereocenters. The van der Waals surface area contributed by atoms with E-state index in [1.165, 1.54) is 11.3 Å². The first kappa shape index (κ1) is 23.4. The lowest BCUT2D eigenvalue weighted by Gasteiger charge is -2.38. The van der Waals surface area contributed by atoms with Gasteiger partial charge in [0.05, 0.1) is 11.4 Å². The van der Waals surface area contributed by atoms with E-state index in [-0.39, 0.29) is 17.6 Å². The number of aryl methyl sites for hydroxylation is 2. The van der Waals surface area contributed by atoms with Crippen molar-refractivity contribution in [1.29, 1.82) is 0 Å². The summed E-state index contributed by atoms with van der Waals surface area (Å²) in [7, 11) is 0. The molecule has 1 aliphatic rings. The van der Waals surface area contributed by atoms with E-state index < -0.39 is 0 Å². The van der Waals surface area contributed by atoms with Gasteiger partial charge in [0, 0.05) is 44.0 Å². The third-order valence-corrected chi connectivity index (χ3v) is 6.08. The van der Waals surface area contributed by atoms with Crippen LogP contribution in [-0.4, -0.2) is 44.5 Å². The highest BCUT2D eigenvalue weighted by atomic mass is 16.3. The number of para-hydroxylation sites is 1. The number of nitrogens with zero attached hydrogens (tertiary/aromatic N) is 2. The molecule has 1 aliphatic heterocycles. The maximum absolute atomic E-state index is 12.9. The highest BCUT2D eigenvalue weighted by Crippen LogP contribution is 2.30. The number of hydrogen-bond donors (Lipinski definition) is 2. The van der Waals surface area contributed by atoms with Crippen LogP contribution in [0.1, 0.15) is 45.6 Å². The quantitative estimate of drug-likeness (QED) is 0.538. The molecule has 7 nitrogen and oxygen atoms in total. The molecule has 4 rings (SSSR count). The molecule has 0 saturated carbocycles. The van der Waals surface area contributed by atoms with Crippen LogP contribution < -0.4 is 20.4 Å². The average Bonchev–Trinajstić information content (AvgIpc) is 3.29. The van der Waals surface area contributed by atoms with E-state index in [0.29, 0.717) is 23.6 Å². The van der Waals surface area contributed by atoms with Crippen LogP contribution >= 0.6 is 0 Å². The van der Waals surface area contributed by atoms with Crippen molar-refractivity contribution in [3.63, 3.8) is 0 Å². The summed E-state index contributed by atoms with van der Waals surface area (Å²) in [4.78, 5) is 30.1. The third kappa shape index (κ3) is 5.25. The fourth-order valence-electron chi connectivity index (χ4n) is 4.24. The van der Waals surface area contributed by atoms with Crippen molar-refractivity contribution in [2.24, 2.45) is 0 Å². The van der Waals surface area contributed by atoms with Crippen LogP contribution in [0.4, 0.5) is 17.1 Å². The number of carbonyl (C=O) groups is 2. The van der Waals surface area contributed by atoms with E-state index in [0.717, 1.165) is 38.3 Å². The van der Waals surface area contributed by atoms with Crippen LogP contribution in [0.2, 0.25) is 0 Å². The van der Waals surface area contributed by atoms with E-state index in [9.17, 15) is 9.59 Å². The van der Waals surface area contributed by atoms with Crippen LogP contribution in [0.25, 0.3) is 0 Å². The number of amides is 2. The fraction of sp³-hybridized carbons (Fsp3) is 0.333. The zero-order valence-electron chi connectivity index (χ0n) is 20.1. The molecule has 1 fully saturated rings. The molecule has 178 valence electrons. The number of anilines is 3. The van der Waals surface area contributed by atoms with Crippen LogP contribution in [-0.2, 0) is 0 Å². The summed E-state index contributed by atoms with van der Waals surface area (Å²) < 4.78 is 5.50. The van der Waals surface area contributed by atoms with Gasteiger partial charge in [-0.25, -0.2) is 0 Å². The van der Waals surface area contributed by atoms with Gasteiger partial charge in [-0.2, -0.15) is 0 Å². The Morgan fingerprint density at radius 2 is 1.59 bits per heavy atom. The lowest BCUT2D eigenvalue weighted by Crippen LogP contribution is -2.47. The van der Waals surface area contributed by atoms with E-state index in [2.05, 4.69) is 51.6 Å². The molecule has 2 amide bonds. The highest BCUT2D eigenvalue weighted by Gasteiger charge is 2.23. The fourth-order valence-corrected chi connectivity index (χ4v) is 4.24. The minimum absolute atomic E-state index is 0.151. The molecule has 2 heterocycles. The lowest BCUT2D eigenvalue weighted by atomic mass is 10.1. The maximum Gasteiger partial charge on any atom is 0.291 e. The average molecular weight is 461 g/mol. The molecule has 0 aliphatic carbocycles. The predicted molar refractivity (Wildman–Crippen MR) is 136 cm³/mol. The molecule has 0 atom stereocenters. The van der Waals surface area contributed by atoms with Gasteiger partial charge in [0.2, 0.25) is 0 Å². The van der Waals surface area contributed by atoms with Gasteiger partial charge in [-0.05, 0) is 62.2 Å². The second-order valence-electron chi connectivity index (χ2n) is 8.61. The first-order valence-electron chi connectivity index (χ1n) is 11.8. The van der Waals surface area contributed by atoms with Crippen LogP contribution in [0.3, 0.4) is 0 Å². The number of carbonyl (C=O) groups excluding carboxylic acids is 2. The first-order chi connectivity index (χ1) is 16.5. The normalized spacial score (nSPS) is 13.6. The molecule has 1 saturated heterocycles. The minimum Gasteiger partial charge on any atom is -0.456 e. The van der Waals surface area contributed by atoms with Crippen LogP contribution in [0, 0.1) is 13.8 Å². The molecule has 0 bridgehead atoms. The molecular formula is C27H32N4O3. The predicted octanol–water partition coefficient (Wildman–Crippen LogP) is 4.62. The van der Waals surface area contributed by atoms with E-state index >= 15 is 0 Å². The third-order valence-electron chi connectivity index (χ3n) is 6.08. The minimum atomic E-state index is -0.334. The molecular weight excluding hydrogens is 428 g/mol. The Morgan fingerprint density at radius 3 is 2.24 bits per heavy atom. The maximum atomic E-state index is 12.9. The summed E-state index contributed by atoms with van der Waals surface area (Å²) in [5.74, 6) is 0.431. The van der Waals surface area contributed by atoms with E-state index in [1.807, 2.05) is 19.1 Å². The summed E-state index contributed by atoms with van der Waals surface area (Å²) in [5, 5.41) is 5.87. The second-order valence-corrected chi connectivity index (χ2v) is 8.61. The second kappa shape index (κ2) is 10.5. The SMILES string of the molecule is CCCNC(=O)c1ccc(N2CCN(c3ccccc3C)CC2)c(NC(=O)c2ccc(C)o2)c1. The van der Waals surface area contributed by atoms with E-state index in [4.69, 9.17) is 4.42 Å². The van der Waals surface area contributed by atoms with Crippen molar-refractivity contribution in [2.75, 3.05) is 47.8 Å². The number of hydrogen-bond acceptors (Lipinski definition) is 5. The summed E-state index contributed by atoms with van der Waals surface area (Å²) in [5.41, 5.74) is 4.54. The molecule has 0 spiro atoms. The molecule has 3 aromatic rings. The van der Waals surface area contributed by atoms with Gasteiger partial charge in [0.1, 0.15) is 5.76 Å². The Kier molecular flexibility index (Phi) is 7.21. The summed E-state index contributed by atoms with van der Waals surface area (Å²) in [6.07, 6.45) is 0.858. The molecule has 1 aromatic heterocycles. The Hall–Kier alpha value is -3.74. The molecule has 34 heavy (non-hydrogen) atoms. The van der Waals surface area contributed by atoms with Crippen LogP contribution in [0.15, 0.2) is 59.0 Å². The smallest absolute Gasteiger partial charge is 0.291 e. The number of furan rings is 1. The number of benzene rings is 2. The zero-order chi connectivity index (χ0) is 24.1. The van der Waals surface area contributed by atoms with Crippen molar-refractivity contribution < 1.29 is 14.0 Å². The zero-order valence-corrected chi connectivity index (χ0v) is 20.1.